The van der Waals surface area contributed by atoms with Crippen molar-refractivity contribution < 1.29 is 14.3 Å². The van der Waals surface area contributed by atoms with E-state index in [0.29, 0.717) is 17.9 Å². The van der Waals surface area contributed by atoms with Crippen LogP contribution in [0.3, 0.4) is 0 Å². The molecule has 0 aliphatic carbocycles. The van der Waals surface area contributed by atoms with E-state index in [1.807, 2.05) is 19.1 Å². The first-order valence-corrected chi connectivity index (χ1v) is 5.50. The Balaban J connectivity index is 2.66. The predicted molar refractivity (Wildman–Crippen MR) is 65.5 cm³/mol. The summed E-state index contributed by atoms with van der Waals surface area (Å²) in [7, 11) is 1.54. The maximum absolute atomic E-state index is 11.9. The van der Waals surface area contributed by atoms with Crippen LogP contribution in [-0.2, 0) is 4.74 Å². The van der Waals surface area contributed by atoms with Crippen LogP contribution in [0.2, 0.25) is 0 Å². The van der Waals surface area contributed by atoms with E-state index in [4.69, 9.17) is 9.47 Å². The number of fused-ring (bicyclic) bond motifs is 1. The summed E-state index contributed by atoms with van der Waals surface area (Å²) in [4.78, 5) is 15.1. The van der Waals surface area contributed by atoms with Crippen LogP contribution in [0.4, 0.5) is 0 Å². The molecule has 1 aromatic carbocycles. The normalized spacial score (nSPS) is 10.5. The standard InChI is InChI=1S/C13H15NO3/c1-4-17-13(15)11-10(16-3)6-5-9-7-8(2)14-12(9)11/h5-7,14H,4H2,1-3H3. The number of methoxy groups -OCH3 is 1. The molecule has 90 valence electrons. The van der Waals surface area contributed by atoms with Crippen molar-refractivity contribution in [1.82, 2.24) is 4.98 Å². The average Bonchev–Trinajstić information content (AvgIpc) is 2.67. The second-order valence-electron chi connectivity index (χ2n) is 3.78. The summed E-state index contributed by atoms with van der Waals surface area (Å²) in [6.07, 6.45) is 0. The Kier molecular flexibility index (Phi) is 3.04. The fourth-order valence-corrected chi connectivity index (χ4v) is 1.90. The lowest BCUT2D eigenvalue weighted by atomic mass is 10.1. The molecular formula is C13H15NO3. The molecule has 4 nitrogen and oxygen atoms in total. The number of esters is 1. The molecule has 0 radical (unpaired) electrons. The van der Waals surface area contributed by atoms with Gasteiger partial charge in [0.2, 0.25) is 0 Å². The quantitative estimate of drug-likeness (QED) is 0.829. The van der Waals surface area contributed by atoms with Crippen LogP contribution in [0, 0.1) is 6.92 Å². The molecule has 0 amide bonds. The van der Waals surface area contributed by atoms with E-state index in [2.05, 4.69) is 4.98 Å². The number of carbonyl (C=O) groups excluding carboxylic acids is 1. The Morgan fingerprint density at radius 3 is 2.82 bits per heavy atom. The summed E-state index contributed by atoms with van der Waals surface area (Å²) < 4.78 is 10.3. The Bertz CT molecular complexity index is 557. The van der Waals surface area contributed by atoms with Crippen molar-refractivity contribution in [2.45, 2.75) is 13.8 Å². The van der Waals surface area contributed by atoms with Gasteiger partial charge in [-0.15, -0.1) is 0 Å². The van der Waals surface area contributed by atoms with Gasteiger partial charge in [0, 0.05) is 11.1 Å². The van der Waals surface area contributed by atoms with Gasteiger partial charge in [-0.1, -0.05) is 0 Å². The number of carbonyl (C=O) groups is 1. The number of ether oxygens (including phenoxy) is 2. The highest BCUT2D eigenvalue weighted by Crippen LogP contribution is 2.28. The third-order valence-corrected chi connectivity index (χ3v) is 2.59. The summed E-state index contributed by atoms with van der Waals surface area (Å²) in [6.45, 7) is 4.07. The molecule has 0 aliphatic rings. The summed E-state index contributed by atoms with van der Waals surface area (Å²) in [5, 5.41) is 0.978. The number of aromatic amines is 1. The van der Waals surface area contributed by atoms with E-state index in [0.717, 1.165) is 16.6 Å². The van der Waals surface area contributed by atoms with E-state index in [-0.39, 0.29) is 5.97 Å². The lowest BCUT2D eigenvalue weighted by molar-refractivity contribution is 0.0525. The van der Waals surface area contributed by atoms with Crippen LogP contribution in [0.15, 0.2) is 18.2 Å². The third kappa shape index (κ3) is 1.98. The summed E-state index contributed by atoms with van der Waals surface area (Å²) in [6, 6.07) is 5.68. The topological polar surface area (TPSA) is 51.3 Å². The summed E-state index contributed by atoms with van der Waals surface area (Å²) >= 11 is 0. The monoisotopic (exact) mass is 233 g/mol. The summed E-state index contributed by atoms with van der Waals surface area (Å²) in [5.74, 6) is 0.162. The minimum absolute atomic E-state index is 0.345. The van der Waals surface area contributed by atoms with Crippen molar-refractivity contribution in [3.63, 3.8) is 0 Å². The molecule has 0 aliphatic heterocycles. The van der Waals surface area contributed by atoms with Crippen molar-refractivity contribution in [3.8, 4) is 5.75 Å². The molecule has 17 heavy (non-hydrogen) atoms. The molecule has 0 atom stereocenters. The molecule has 0 saturated carbocycles. The van der Waals surface area contributed by atoms with Crippen LogP contribution in [0.1, 0.15) is 23.0 Å². The minimum atomic E-state index is -0.364. The lowest BCUT2D eigenvalue weighted by Crippen LogP contribution is -2.07. The highest BCUT2D eigenvalue weighted by atomic mass is 16.5. The number of hydrogen-bond acceptors (Lipinski definition) is 3. The molecule has 4 heteroatoms. The number of aromatic nitrogens is 1. The van der Waals surface area contributed by atoms with Crippen molar-refractivity contribution in [1.29, 1.82) is 0 Å². The maximum atomic E-state index is 11.9. The predicted octanol–water partition coefficient (Wildman–Crippen LogP) is 2.66. The Morgan fingerprint density at radius 2 is 2.18 bits per heavy atom. The van der Waals surface area contributed by atoms with Crippen molar-refractivity contribution >= 4 is 16.9 Å². The van der Waals surface area contributed by atoms with Gasteiger partial charge in [0.1, 0.15) is 11.3 Å². The summed E-state index contributed by atoms with van der Waals surface area (Å²) in [5.41, 5.74) is 2.22. The zero-order valence-electron chi connectivity index (χ0n) is 10.2. The average molecular weight is 233 g/mol. The van der Waals surface area contributed by atoms with Gasteiger partial charge in [-0.3, -0.25) is 0 Å². The maximum Gasteiger partial charge on any atom is 0.344 e. The molecule has 0 saturated heterocycles. The van der Waals surface area contributed by atoms with Crippen LogP contribution < -0.4 is 4.74 Å². The van der Waals surface area contributed by atoms with Gasteiger partial charge in [-0.05, 0) is 32.0 Å². The molecule has 0 unspecified atom stereocenters. The number of hydrogen-bond donors (Lipinski definition) is 1. The van der Waals surface area contributed by atoms with Crippen molar-refractivity contribution in [3.05, 3.63) is 29.5 Å². The van der Waals surface area contributed by atoms with Gasteiger partial charge in [-0.25, -0.2) is 4.79 Å². The second-order valence-corrected chi connectivity index (χ2v) is 3.78. The van der Waals surface area contributed by atoms with Gasteiger partial charge >= 0.3 is 5.97 Å². The molecule has 1 aromatic heterocycles. The second kappa shape index (κ2) is 4.49. The Morgan fingerprint density at radius 1 is 1.41 bits per heavy atom. The molecule has 2 aromatic rings. The molecule has 0 bridgehead atoms. The molecular weight excluding hydrogens is 218 g/mol. The zero-order chi connectivity index (χ0) is 12.4. The first kappa shape index (κ1) is 11.5. The third-order valence-electron chi connectivity index (χ3n) is 2.59. The lowest BCUT2D eigenvalue weighted by Gasteiger charge is -2.08. The number of benzene rings is 1. The van der Waals surface area contributed by atoms with Gasteiger partial charge in [0.25, 0.3) is 0 Å². The minimum Gasteiger partial charge on any atom is -0.496 e. The van der Waals surface area contributed by atoms with Gasteiger partial charge in [0.05, 0.1) is 19.2 Å². The fraction of sp³-hybridized carbons (Fsp3) is 0.308. The first-order valence-electron chi connectivity index (χ1n) is 5.50. The number of nitrogens with one attached hydrogen (secondary N) is 1. The van der Waals surface area contributed by atoms with Crippen LogP contribution in [-0.4, -0.2) is 24.7 Å². The van der Waals surface area contributed by atoms with E-state index in [1.165, 1.54) is 0 Å². The molecule has 0 spiro atoms. The molecule has 1 N–H and O–H groups in total. The zero-order valence-corrected chi connectivity index (χ0v) is 10.2. The van der Waals surface area contributed by atoms with E-state index < -0.39 is 0 Å². The largest absolute Gasteiger partial charge is 0.496 e. The highest BCUT2D eigenvalue weighted by molar-refractivity contribution is 6.05. The Labute approximate surface area is 99.5 Å². The van der Waals surface area contributed by atoms with Gasteiger partial charge in [0.15, 0.2) is 0 Å². The van der Waals surface area contributed by atoms with Gasteiger partial charge in [-0.2, -0.15) is 0 Å². The van der Waals surface area contributed by atoms with Gasteiger partial charge < -0.3 is 14.5 Å². The van der Waals surface area contributed by atoms with Crippen molar-refractivity contribution in [2.75, 3.05) is 13.7 Å². The fourth-order valence-electron chi connectivity index (χ4n) is 1.90. The van der Waals surface area contributed by atoms with Crippen LogP contribution in [0.25, 0.3) is 10.9 Å². The number of rotatable bonds is 3. The molecule has 2 rings (SSSR count). The van der Waals surface area contributed by atoms with Crippen LogP contribution in [0.5, 0.6) is 5.75 Å². The SMILES string of the molecule is CCOC(=O)c1c(OC)ccc2cc(C)[nH]c12. The van der Waals surface area contributed by atoms with E-state index in [1.54, 1.807) is 20.1 Å². The van der Waals surface area contributed by atoms with E-state index >= 15 is 0 Å². The van der Waals surface area contributed by atoms with Crippen LogP contribution >= 0.6 is 0 Å². The smallest absolute Gasteiger partial charge is 0.344 e. The van der Waals surface area contributed by atoms with Crippen molar-refractivity contribution in [2.24, 2.45) is 0 Å². The molecule has 0 fully saturated rings. The Hall–Kier alpha value is -1.97. The number of H-pyrrole nitrogens is 1. The number of aryl methyl sites for hydroxylation is 1. The first-order chi connectivity index (χ1) is 8.17. The molecule has 1 heterocycles. The highest BCUT2D eigenvalue weighted by Gasteiger charge is 2.18. The van der Waals surface area contributed by atoms with E-state index in [9.17, 15) is 4.79 Å².